The molecule has 2 atom stereocenters. The summed E-state index contributed by atoms with van der Waals surface area (Å²) < 4.78 is 0. The van der Waals surface area contributed by atoms with Crippen molar-refractivity contribution in [1.82, 2.24) is 9.80 Å². The van der Waals surface area contributed by atoms with Gasteiger partial charge >= 0.3 is 0 Å². The molecule has 2 aromatic rings. The zero-order valence-corrected chi connectivity index (χ0v) is 17.2. The molecule has 30 heavy (non-hydrogen) atoms. The van der Waals surface area contributed by atoms with E-state index in [9.17, 15) is 14.4 Å². The topological polar surface area (TPSA) is 57.7 Å². The molecule has 0 aliphatic carbocycles. The van der Waals surface area contributed by atoms with Crippen molar-refractivity contribution in [3.05, 3.63) is 59.7 Å². The van der Waals surface area contributed by atoms with Crippen molar-refractivity contribution in [3.8, 4) is 11.1 Å². The summed E-state index contributed by atoms with van der Waals surface area (Å²) in [6.45, 7) is 2.07. The molecule has 2 bridgehead atoms. The van der Waals surface area contributed by atoms with Crippen molar-refractivity contribution in [2.45, 2.75) is 63.6 Å². The fraction of sp³-hybridized carbons (Fsp3) is 0.400. The summed E-state index contributed by atoms with van der Waals surface area (Å²) in [6.07, 6.45) is 3.98. The Kier molecular flexibility index (Phi) is 4.69. The highest BCUT2D eigenvalue weighted by Gasteiger charge is 2.47. The Hall–Kier alpha value is -2.95. The highest BCUT2D eigenvalue weighted by Crippen LogP contribution is 2.39. The van der Waals surface area contributed by atoms with Crippen LogP contribution in [0, 0.1) is 6.92 Å². The molecule has 3 aliphatic heterocycles. The van der Waals surface area contributed by atoms with Crippen LogP contribution in [0.25, 0.3) is 11.1 Å². The third kappa shape index (κ3) is 3.22. The van der Waals surface area contributed by atoms with Gasteiger partial charge in [-0.3, -0.25) is 19.3 Å². The Labute approximate surface area is 176 Å². The lowest BCUT2D eigenvalue weighted by molar-refractivity contribution is -0.142. The molecule has 0 radical (unpaired) electrons. The van der Waals surface area contributed by atoms with Crippen molar-refractivity contribution in [1.29, 1.82) is 0 Å². The van der Waals surface area contributed by atoms with E-state index in [1.165, 1.54) is 10.5 Å². The van der Waals surface area contributed by atoms with Crippen LogP contribution in [-0.4, -0.2) is 45.6 Å². The summed E-state index contributed by atoms with van der Waals surface area (Å²) in [5.74, 6) is -0.0257. The number of nitrogens with zero attached hydrogens (tertiary/aromatic N) is 2. The highest BCUT2D eigenvalue weighted by molar-refractivity contribution is 6.02. The molecule has 3 fully saturated rings. The molecule has 5 rings (SSSR count). The van der Waals surface area contributed by atoms with Gasteiger partial charge in [-0.05, 0) is 55.9 Å². The normalized spacial score (nSPS) is 25.8. The summed E-state index contributed by atoms with van der Waals surface area (Å²) in [5.41, 5.74) is 4.16. The van der Waals surface area contributed by atoms with Crippen LogP contribution in [0.4, 0.5) is 0 Å². The lowest BCUT2D eigenvalue weighted by Gasteiger charge is -2.41. The molecule has 0 saturated carbocycles. The maximum absolute atomic E-state index is 13.3. The number of hydrogen-bond acceptors (Lipinski definition) is 3. The largest absolute Gasteiger partial charge is 0.333 e. The second kappa shape index (κ2) is 7.38. The number of carbonyl (C=O) groups is 3. The second-order valence-electron chi connectivity index (χ2n) is 8.82. The second-order valence-corrected chi connectivity index (χ2v) is 8.82. The first-order valence-corrected chi connectivity index (χ1v) is 10.9. The predicted octanol–water partition coefficient (Wildman–Crippen LogP) is 3.95. The van der Waals surface area contributed by atoms with Gasteiger partial charge in [-0.2, -0.15) is 0 Å². The Morgan fingerprint density at radius 1 is 0.767 bits per heavy atom. The van der Waals surface area contributed by atoms with Crippen LogP contribution in [0.5, 0.6) is 0 Å². The number of imide groups is 1. The Morgan fingerprint density at radius 3 is 1.80 bits per heavy atom. The van der Waals surface area contributed by atoms with Gasteiger partial charge in [0.15, 0.2) is 0 Å². The smallest absolute Gasteiger partial charge is 0.254 e. The van der Waals surface area contributed by atoms with Gasteiger partial charge < -0.3 is 4.90 Å². The third-order valence-corrected chi connectivity index (χ3v) is 6.91. The predicted molar refractivity (Wildman–Crippen MR) is 114 cm³/mol. The SMILES string of the molecule is Cc1ccc(-c2ccc(C(=O)N3C4CCC3CC(N3C(=O)CCC3=O)C4)cc2)cc1. The van der Waals surface area contributed by atoms with Gasteiger partial charge in [-0.15, -0.1) is 0 Å². The molecule has 154 valence electrons. The zero-order valence-electron chi connectivity index (χ0n) is 17.2. The van der Waals surface area contributed by atoms with Crippen LogP contribution < -0.4 is 0 Å². The number of likely N-dealkylation sites (tertiary alicyclic amines) is 1. The van der Waals surface area contributed by atoms with Crippen LogP contribution >= 0.6 is 0 Å². The van der Waals surface area contributed by atoms with Gasteiger partial charge in [0.05, 0.1) is 0 Å². The monoisotopic (exact) mass is 402 g/mol. The van der Waals surface area contributed by atoms with Crippen molar-refractivity contribution in [2.24, 2.45) is 0 Å². The van der Waals surface area contributed by atoms with Crippen molar-refractivity contribution in [2.75, 3.05) is 0 Å². The van der Waals surface area contributed by atoms with E-state index in [2.05, 4.69) is 31.2 Å². The van der Waals surface area contributed by atoms with Crippen molar-refractivity contribution >= 4 is 17.7 Å². The van der Waals surface area contributed by atoms with Gasteiger partial charge in [0, 0.05) is 36.5 Å². The van der Waals surface area contributed by atoms with E-state index >= 15 is 0 Å². The van der Waals surface area contributed by atoms with E-state index in [1.54, 1.807) is 0 Å². The summed E-state index contributed by atoms with van der Waals surface area (Å²) in [5, 5.41) is 0. The minimum atomic E-state index is -0.0455. The summed E-state index contributed by atoms with van der Waals surface area (Å²) in [7, 11) is 0. The standard InChI is InChI=1S/C25H26N2O3/c1-16-2-4-17(5-3-16)18-6-8-19(9-7-18)25(30)26-20-10-11-21(26)15-22(14-20)27-23(28)12-13-24(27)29/h2-9,20-22H,10-15H2,1H3. The number of aryl methyl sites for hydroxylation is 1. The van der Waals surface area contributed by atoms with Crippen molar-refractivity contribution in [3.63, 3.8) is 0 Å². The quantitative estimate of drug-likeness (QED) is 0.731. The number of hydrogen-bond donors (Lipinski definition) is 0. The molecular weight excluding hydrogens is 376 g/mol. The van der Waals surface area contributed by atoms with Crippen molar-refractivity contribution < 1.29 is 14.4 Å². The van der Waals surface area contributed by atoms with Gasteiger partial charge in [0.25, 0.3) is 5.91 Å². The lowest BCUT2D eigenvalue weighted by Crippen LogP contribution is -2.53. The molecule has 3 saturated heterocycles. The first-order chi connectivity index (χ1) is 14.5. The molecule has 2 aromatic carbocycles. The number of carbonyl (C=O) groups excluding carboxylic acids is 3. The average molecular weight is 402 g/mol. The molecule has 3 heterocycles. The minimum absolute atomic E-state index is 0.0436. The van der Waals surface area contributed by atoms with E-state index in [0.29, 0.717) is 31.2 Å². The number of benzene rings is 2. The highest BCUT2D eigenvalue weighted by atomic mass is 16.2. The molecule has 5 nitrogen and oxygen atoms in total. The average Bonchev–Trinajstić information content (AvgIpc) is 3.23. The number of fused-ring (bicyclic) bond motifs is 2. The molecule has 0 spiro atoms. The zero-order chi connectivity index (χ0) is 20.8. The summed E-state index contributed by atoms with van der Waals surface area (Å²) >= 11 is 0. The van der Waals surface area contributed by atoms with Crippen LogP contribution in [0.3, 0.4) is 0 Å². The summed E-state index contributed by atoms with van der Waals surface area (Å²) in [6, 6.07) is 16.4. The fourth-order valence-corrected chi connectivity index (χ4v) is 5.39. The van der Waals surface area contributed by atoms with Crippen LogP contribution in [-0.2, 0) is 9.59 Å². The molecule has 5 heteroatoms. The number of rotatable bonds is 3. The number of amides is 3. The minimum Gasteiger partial charge on any atom is -0.333 e. The first kappa shape index (κ1) is 19.0. The lowest BCUT2D eigenvalue weighted by atomic mass is 9.94. The van der Waals surface area contributed by atoms with Gasteiger partial charge in [0.2, 0.25) is 11.8 Å². The fourth-order valence-electron chi connectivity index (χ4n) is 5.39. The molecule has 0 aromatic heterocycles. The Morgan fingerprint density at radius 2 is 1.27 bits per heavy atom. The first-order valence-electron chi connectivity index (χ1n) is 10.9. The Bertz CT molecular complexity index is 966. The van der Waals surface area contributed by atoms with E-state index in [0.717, 1.165) is 24.0 Å². The molecule has 3 amide bonds. The van der Waals surface area contributed by atoms with E-state index in [4.69, 9.17) is 0 Å². The van der Waals surface area contributed by atoms with Crippen LogP contribution in [0.15, 0.2) is 48.5 Å². The number of piperidine rings is 1. The van der Waals surface area contributed by atoms with Gasteiger partial charge in [-0.1, -0.05) is 42.0 Å². The molecule has 2 unspecified atom stereocenters. The maximum atomic E-state index is 13.3. The molecule has 0 N–H and O–H groups in total. The summed E-state index contributed by atoms with van der Waals surface area (Å²) in [4.78, 5) is 41.1. The van der Waals surface area contributed by atoms with E-state index < -0.39 is 0 Å². The van der Waals surface area contributed by atoms with Gasteiger partial charge in [-0.25, -0.2) is 0 Å². The van der Waals surface area contributed by atoms with Crippen LogP contribution in [0.2, 0.25) is 0 Å². The Balaban J connectivity index is 1.32. The maximum Gasteiger partial charge on any atom is 0.254 e. The molecular formula is C25H26N2O3. The third-order valence-electron chi connectivity index (χ3n) is 6.91. The van der Waals surface area contributed by atoms with Gasteiger partial charge in [0.1, 0.15) is 0 Å². The molecule has 3 aliphatic rings. The van der Waals surface area contributed by atoms with E-state index in [-0.39, 0.29) is 35.8 Å². The van der Waals surface area contributed by atoms with E-state index in [1.807, 2.05) is 29.2 Å². The van der Waals surface area contributed by atoms with Crippen LogP contribution in [0.1, 0.15) is 54.4 Å².